The van der Waals surface area contributed by atoms with Gasteiger partial charge in [-0.3, -0.25) is 0 Å². The fourth-order valence-electron chi connectivity index (χ4n) is 1.50. The maximum Gasteiger partial charge on any atom is 0.215 e. The van der Waals surface area contributed by atoms with Gasteiger partial charge >= 0.3 is 0 Å². The molecule has 82 valence electrons. The molecular formula is C10H15N3O2. The van der Waals surface area contributed by atoms with Crippen LogP contribution in [-0.4, -0.2) is 24.3 Å². The van der Waals surface area contributed by atoms with Gasteiger partial charge in [0.1, 0.15) is 6.10 Å². The highest BCUT2D eigenvalue weighted by Crippen LogP contribution is 2.20. The first kappa shape index (κ1) is 10.0. The predicted octanol–water partition coefficient (Wildman–Crippen LogP) is 0.804. The Labute approximate surface area is 88.4 Å². The van der Waals surface area contributed by atoms with E-state index in [1.807, 2.05) is 0 Å². The van der Waals surface area contributed by atoms with Gasteiger partial charge in [-0.05, 0) is 6.07 Å². The molecule has 1 aromatic rings. The lowest BCUT2D eigenvalue weighted by Gasteiger charge is -2.22. The molecule has 2 rings (SSSR count). The van der Waals surface area contributed by atoms with Gasteiger partial charge in [0, 0.05) is 18.9 Å². The van der Waals surface area contributed by atoms with Crippen molar-refractivity contribution in [3.8, 4) is 5.88 Å². The molecule has 1 aromatic heterocycles. The van der Waals surface area contributed by atoms with Crippen molar-refractivity contribution in [2.75, 3.05) is 24.7 Å². The molecule has 0 atom stereocenters. The standard InChI is InChI=1S/C10H15N3O2/c11-8-1-2-9(13-10(8)12)15-7-3-5-14-6-4-7/h1-2,7H,3-6,11H2,(H2,12,13). The molecule has 0 amide bonds. The number of nitrogens with two attached hydrogens (primary N) is 2. The van der Waals surface area contributed by atoms with Crippen LogP contribution in [-0.2, 0) is 4.74 Å². The van der Waals surface area contributed by atoms with E-state index in [1.54, 1.807) is 12.1 Å². The average Bonchev–Trinajstić information content (AvgIpc) is 2.25. The van der Waals surface area contributed by atoms with E-state index in [1.165, 1.54) is 0 Å². The molecule has 1 saturated heterocycles. The Bertz CT molecular complexity index is 337. The number of nitrogen functional groups attached to an aromatic ring is 2. The third-order valence-corrected chi connectivity index (χ3v) is 2.39. The Morgan fingerprint density at radius 1 is 1.27 bits per heavy atom. The molecule has 0 aliphatic carbocycles. The summed E-state index contributed by atoms with van der Waals surface area (Å²) < 4.78 is 10.9. The molecule has 0 unspecified atom stereocenters. The van der Waals surface area contributed by atoms with Crippen molar-refractivity contribution in [1.29, 1.82) is 0 Å². The van der Waals surface area contributed by atoms with Crippen LogP contribution >= 0.6 is 0 Å². The number of rotatable bonds is 2. The minimum Gasteiger partial charge on any atom is -0.474 e. The van der Waals surface area contributed by atoms with Gasteiger partial charge in [0.2, 0.25) is 5.88 Å². The van der Waals surface area contributed by atoms with E-state index < -0.39 is 0 Å². The Kier molecular flexibility index (Phi) is 2.91. The van der Waals surface area contributed by atoms with E-state index in [-0.39, 0.29) is 6.10 Å². The molecule has 15 heavy (non-hydrogen) atoms. The van der Waals surface area contributed by atoms with Gasteiger partial charge in [0.15, 0.2) is 5.82 Å². The summed E-state index contributed by atoms with van der Waals surface area (Å²) in [6.07, 6.45) is 1.96. The second-order valence-corrected chi connectivity index (χ2v) is 3.55. The third kappa shape index (κ3) is 2.50. The van der Waals surface area contributed by atoms with Crippen LogP contribution in [0.1, 0.15) is 12.8 Å². The zero-order valence-electron chi connectivity index (χ0n) is 8.48. The van der Waals surface area contributed by atoms with E-state index in [4.69, 9.17) is 20.9 Å². The van der Waals surface area contributed by atoms with Gasteiger partial charge in [-0.1, -0.05) is 0 Å². The molecule has 0 bridgehead atoms. The number of ether oxygens (including phenoxy) is 2. The van der Waals surface area contributed by atoms with Crippen molar-refractivity contribution in [2.24, 2.45) is 0 Å². The van der Waals surface area contributed by atoms with Gasteiger partial charge in [-0.25, -0.2) is 0 Å². The summed E-state index contributed by atoms with van der Waals surface area (Å²) in [4.78, 5) is 4.06. The average molecular weight is 209 g/mol. The monoisotopic (exact) mass is 209 g/mol. The van der Waals surface area contributed by atoms with E-state index >= 15 is 0 Å². The number of pyridine rings is 1. The number of hydrogen-bond donors (Lipinski definition) is 2. The molecule has 0 saturated carbocycles. The van der Waals surface area contributed by atoms with Crippen LogP contribution in [0.3, 0.4) is 0 Å². The van der Waals surface area contributed by atoms with Gasteiger partial charge in [0.25, 0.3) is 0 Å². The highest BCUT2D eigenvalue weighted by Gasteiger charge is 2.15. The Balaban J connectivity index is 2.00. The predicted molar refractivity (Wildman–Crippen MR) is 57.5 cm³/mol. The van der Waals surface area contributed by atoms with Crippen molar-refractivity contribution in [3.05, 3.63) is 12.1 Å². The minimum absolute atomic E-state index is 0.175. The zero-order valence-corrected chi connectivity index (χ0v) is 8.48. The number of anilines is 2. The summed E-state index contributed by atoms with van der Waals surface area (Å²) >= 11 is 0. The maximum absolute atomic E-state index is 5.66. The largest absolute Gasteiger partial charge is 0.474 e. The summed E-state index contributed by atoms with van der Waals surface area (Å²) in [6, 6.07) is 3.44. The van der Waals surface area contributed by atoms with Gasteiger partial charge in [-0.2, -0.15) is 4.98 Å². The zero-order chi connectivity index (χ0) is 10.7. The lowest BCUT2D eigenvalue weighted by atomic mass is 10.1. The highest BCUT2D eigenvalue weighted by molar-refractivity contribution is 5.58. The topological polar surface area (TPSA) is 83.4 Å². The first-order valence-electron chi connectivity index (χ1n) is 5.02. The summed E-state index contributed by atoms with van der Waals surface area (Å²) in [5.74, 6) is 0.855. The second-order valence-electron chi connectivity index (χ2n) is 3.55. The van der Waals surface area contributed by atoms with Crippen molar-refractivity contribution in [2.45, 2.75) is 18.9 Å². The molecule has 0 spiro atoms. The number of aromatic nitrogens is 1. The van der Waals surface area contributed by atoms with Crippen LogP contribution in [0.5, 0.6) is 5.88 Å². The van der Waals surface area contributed by atoms with E-state index in [9.17, 15) is 0 Å². The highest BCUT2D eigenvalue weighted by atomic mass is 16.5. The first-order valence-corrected chi connectivity index (χ1v) is 5.02. The van der Waals surface area contributed by atoms with Crippen LogP contribution in [0, 0.1) is 0 Å². The van der Waals surface area contributed by atoms with E-state index in [0.29, 0.717) is 17.4 Å². The third-order valence-electron chi connectivity index (χ3n) is 2.39. The molecule has 5 nitrogen and oxygen atoms in total. The quantitative estimate of drug-likeness (QED) is 0.752. The summed E-state index contributed by atoms with van der Waals surface area (Å²) in [7, 11) is 0. The summed E-state index contributed by atoms with van der Waals surface area (Å²) in [5.41, 5.74) is 11.6. The van der Waals surface area contributed by atoms with Crippen LogP contribution in [0.4, 0.5) is 11.5 Å². The van der Waals surface area contributed by atoms with Gasteiger partial charge in [-0.15, -0.1) is 0 Å². The number of hydrogen-bond acceptors (Lipinski definition) is 5. The Morgan fingerprint density at radius 3 is 2.67 bits per heavy atom. The molecular weight excluding hydrogens is 194 g/mol. The van der Waals surface area contributed by atoms with Crippen LogP contribution in [0.2, 0.25) is 0 Å². The molecule has 1 aliphatic rings. The van der Waals surface area contributed by atoms with Crippen LogP contribution in [0.15, 0.2) is 12.1 Å². The van der Waals surface area contributed by atoms with Crippen molar-refractivity contribution in [3.63, 3.8) is 0 Å². The van der Waals surface area contributed by atoms with Crippen molar-refractivity contribution >= 4 is 11.5 Å². The number of nitrogens with zero attached hydrogens (tertiary/aromatic N) is 1. The normalized spacial score (nSPS) is 17.6. The lowest BCUT2D eigenvalue weighted by molar-refractivity contribution is 0.0238. The van der Waals surface area contributed by atoms with E-state index in [0.717, 1.165) is 26.1 Å². The molecule has 0 aromatic carbocycles. The fraction of sp³-hybridized carbons (Fsp3) is 0.500. The summed E-state index contributed by atoms with van der Waals surface area (Å²) in [6.45, 7) is 1.49. The van der Waals surface area contributed by atoms with Crippen LogP contribution in [0.25, 0.3) is 0 Å². The molecule has 0 radical (unpaired) electrons. The summed E-state index contributed by atoms with van der Waals surface area (Å²) in [5, 5.41) is 0. The molecule has 1 aliphatic heterocycles. The van der Waals surface area contributed by atoms with Gasteiger partial charge < -0.3 is 20.9 Å². The van der Waals surface area contributed by atoms with Crippen molar-refractivity contribution < 1.29 is 9.47 Å². The molecule has 1 fully saturated rings. The van der Waals surface area contributed by atoms with Crippen molar-refractivity contribution in [1.82, 2.24) is 4.98 Å². The van der Waals surface area contributed by atoms with Crippen LogP contribution < -0.4 is 16.2 Å². The van der Waals surface area contributed by atoms with Gasteiger partial charge in [0.05, 0.1) is 18.9 Å². The smallest absolute Gasteiger partial charge is 0.215 e. The molecule has 4 N–H and O–H groups in total. The Hall–Kier alpha value is -1.49. The molecule has 5 heteroatoms. The first-order chi connectivity index (χ1) is 7.25. The lowest BCUT2D eigenvalue weighted by Crippen LogP contribution is -2.26. The maximum atomic E-state index is 5.66. The second kappa shape index (κ2) is 4.35. The molecule has 2 heterocycles. The Morgan fingerprint density at radius 2 is 2.00 bits per heavy atom. The minimum atomic E-state index is 0.175. The van der Waals surface area contributed by atoms with E-state index in [2.05, 4.69) is 4.98 Å². The fourth-order valence-corrected chi connectivity index (χ4v) is 1.50. The SMILES string of the molecule is Nc1ccc(OC2CCOCC2)nc1N.